The van der Waals surface area contributed by atoms with E-state index >= 15 is 0 Å². The maximum atomic E-state index is 11.4. The molecule has 4 rings (SSSR count). The summed E-state index contributed by atoms with van der Waals surface area (Å²) in [5.41, 5.74) is 2.38. The highest BCUT2D eigenvalue weighted by atomic mass is 16.3. The van der Waals surface area contributed by atoms with Crippen LogP contribution >= 0.6 is 0 Å². The number of likely N-dealkylation sites (tertiary alicyclic amines) is 1. The number of benzene rings is 1. The number of piperidine rings is 1. The maximum absolute atomic E-state index is 11.4. The number of aliphatic hydroxyl groups is 1. The summed E-state index contributed by atoms with van der Waals surface area (Å²) in [5.74, 6) is 0.260. The minimum absolute atomic E-state index is 0.0964. The summed E-state index contributed by atoms with van der Waals surface area (Å²) in [5, 5.41) is 19.5. The van der Waals surface area contributed by atoms with E-state index in [0.29, 0.717) is 11.8 Å². The Morgan fingerprint density at radius 2 is 1.92 bits per heavy atom. The van der Waals surface area contributed by atoms with E-state index in [1.54, 1.807) is 0 Å². The Bertz CT molecular complexity index is 852. The fourth-order valence-electron chi connectivity index (χ4n) is 4.55. The smallest absolute Gasteiger partial charge is 0.248 e. The Morgan fingerprint density at radius 3 is 2.73 bits per heavy atom. The summed E-state index contributed by atoms with van der Waals surface area (Å²) in [6, 6.07) is 9.81. The summed E-state index contributed by atoms with van der Waals surface area (Å²) < 4.78 is 0. The summed E-state index contributed by atoms with van der Waals surface area (Å²) in [6.45, 7) is 2.06. The van der Waals surface area contributed by atoms with Crippen LogP contribution in [0.15, 0.2) is 35.1 Å². The van der Waals surface area contributed by atoms with E-state index in [-0.39, 0.29) is 17.6 Å². The SMILES string of the molecule is N=C(c1ccc2[nH]c(=O)ccc2c1)C1CCCN(C2CCC(O)CC2)C1. The standard InChI is InChI=1S/C21H27N3O2/c22-21(15-3-9-19-14(12-15)4-10-20(26)23-19)16-2-1-11-24(13-16)17-5-7-18(25)8-6-17/h3-4,9-10,12,16-18,22,25H,1-2,5-8,11,13H2,(H,23,26). The number of aromatic nitrogens is 1. The molecule has 0 spiro atoms. The number of aromatic amines is 1. The number of fused-ring (bicyclic) bond motifs is 1. The van der Waals surface area contributed by atoms with Gasteiger partial charge in [-0.3, -0.25) is 9.69 Å². The van der Waals surface area contributed by atoms with Gasteiger partial charge in [0.25, 0.3) is 0 Å². The van der Waals surface area contributed by atoms with Gasteiger partial charge in [-0.05, 0) is 74.2 Å². The molecule has 2 aliphatic rings. The lowest BCUT2D eigenvalue weighted by Crippen LogP contribution is -2.46. The van der Waals surface area contributed by atoms with Crippen molar-refractivity contribution in [3.63, 3.8) is 0 Å². The minimum atomic E-state index is -0.117. The molecule has 0 bridgehead atoms. The molecule has 1 aliphatic heterocycles. The zero-order valence-electron chi connectivity index (χ0n) is 15.1. The van der Waals surface area contributed by atoms with Gasteiger partial charge in [-0.2, -0.15) is 0 Å². The van der Waals surface area contributed by atoms with Gasteiger partial charge < -0.3 is 15.5 Å². The number of H-pyrrole nitrogens is 1. The van der Waals surface area contributed by atoms with E-state index in [2.05, 4.69) is 9.88 Å². The molecule has 5 nitrogen and oxygen atoms in total. The number of rotatable bonds is 3. The van der Waals surface area contributed by atoms with Gasteiger partial charge in [-0.1, -0.05) is 6.07 Å². The third kappa shape index (κ3) is 3.60. The van der Waals surface area contributed by atoms with E-state index in [4.69, 9.17) is 5.41 Å². The Hall–Kier alpha value is -1.98. The second-order valence-corrected chi connectivity index (χ2v) is 7.83. The van der Waals surface area contributed by atoms with E-state index in [1.807, 2.05) is 24.3 Å². The first-order valence-corrected chi connectivity index (χ1v) is 9.74. The predicted molar refractivity (Wildman–Crippen MR) is 104 cm³/mol. The van der Waals surface area contributed by atoms with Crippen LogP contribution in [0.3, 0.4) is 0 Å². The number of hydrogen-bond donors (Lipinski definition) is 3. The zero-order chi connectivity index (χ0) is 18.1. The number of aliphatic hydroxyl groups excluding tert-OH is 1. The third-order valence-electron chi connectivity index (χ3n) is 6.08. The van der Waals surface area contributed by atoms with Gasteiger partial charge in [0.2, 0.25) is 5.56 Å². The fraction of sp³-hybridized carbons (Fsp3) is 0.524. The van der Waals surface area contributed by atoms with Crippen LogP contribution in [-0.4, -0.2) is 45.9 Å². The highest BCUT2D eigenvalue weighted by Crippen LogP contribution is 2.29. The van der Waals surface area contributed by atoms with Crippen molar-refractivity contribution < 1.29 is 5.11 Å². The van der Waals surface area contributed by atoms with Gasteiger partial charge in [0.15, 0.2) is 0 Å². The Labute approximate surface area is 153 Å². The average Bonchev–Trinajstić information content (AvgIpc) is 2.67. The van der Waals surface area contributed by atoms with E-state index in [9.17, 15) is 9.90 Å². The lowest BCUT2D eigenvalue weighted by atomic mass is 9.85. The van der Waals surface area contributed by atoms with Gasteiger partial charge in [-0.15, -0.1) is 0 Å². The molecule has 3 N–H and O–H groups in total. The number of hydrogen-bond acceptors (Lipinski definition) is 4. The summed E-state index contributed by atoms with van der Waals surface area (Å²) in [4.78, 5) is 16.8. The molecule has 1 saturated carbocycles. The number of pyridine rings is 1. The number of nitrogens with zero attached hydrogens (tertiary/aromatic N) is 1. The van der Waals surface area contributed by atoms with Gasteiger partial charge in [0.1, 0.15) is 0 Å². The van der Waals surface area contributed by atoms with Crippen molar-refractivity contribution in [2.24, 2.45) is 5.92 Å². The molecule has 5 heteroatoms. The van der Waals surface area contributed by atoms with Crippen LogP contribution in [0, 0.1) is 11.3 Å². The molecule has 2 aromatic rings. The van der Waals surface area contributed by atoms with E-state index < -0.39 is 0 Å². The Kier molecular flexibility index (Phi) is 4.92. The molecule has 1 aromatic heterocycles. The normalized spacial score (nSPS) is 27.5. The average molecular weight is 353 g/mol. The van der Waals surface area contributed by atoms with Crippen LogP contribution in [0.5, 0.6) is 0 Å². The molecular formula is C21H27N3O2. The van der Waals surface area contributed by atoms with Crippen molar-refractivity contribution in [1.82, 2.24) is 9.88 Å². The van der Waals surface area contributed by atoms with Crippen LogP contribution in [0.25, 0.3) is 10.9 Å². The lowest BCUT2D eigenvalue weighted by Gasteiger charge is -2.41. The summed E-state index contributed by atoms with van der Waals surface area (Å²) in [6.07, 6.45) is 6.04. The summed E-state index contributed by atoms with van der Waals surface area (Å²) in [7, 11) is 0. The van der Waals surface area contributed by atoms with Crippen molar-refractivity contribution in [2.45, 2.75) is 50.7 Å². The first-order valence-electron chi connectivity index (χ1n) is 9.74. The maximum Gasteiger partial charge on any atom is 0.248 e. The molecule has 26 heavy (non-hydrogen) atoms. The van der Waals surface area contributed by atoms with Crippen molar-refractivity contribution in [3.05, 3.63) is 46.2 Å². The van der Waals surface area contributed by atoms with Crippen LogP contribution in [-0.2, 0) is 0 Å². The van der Waals surface area contributed by atoms with Crippen LogP contribution in [0.4, 0.5) is 0 Å². The quantitative estimate of drug-likeness (QED) is 0.742. The first-order chi connectivity index (χ1) is 12.6. The molecule has 1 saturated heterocycles. The van der Waals surface area contributed by atoms with Crippen molar-refractivity contribution >= 4 is 16.6 Å². The molecule has 1 aliphatic carbocycles. The van der Waals surface area contributed by atoms with E-state index in [1.165, 1.54) is 6.07 Å². The second kappa shape index (κ2) is 7.33. The predicted octanol–water partition coefficient (Wildman–Crippen LogP) is 2.91. The van der Waals surface area contributed by atoms with Gasteiger partial charge in [0.05, 0.1) is 6.10 Å². The van der Waals surface area contributed by atoms with Crippen molar-refractivity contribution in [2.75, 3.05) is 13.1 Å². The number of nitrogens with one attached hydrogen (secondary N) is 2. The minimum Gasteiger partial charge on any atom is -0.393 e. The van der Waals surface area contributed by atoms with Gasteiger partial charge in [0, 0.05) is 35.8 Å². The molecule has 1 aromatic carbocycles. The fourth-order valence-corrected chi connectivity index (χ4v) is 4.55. The van der Waals surface area contributed by atoms with Crippen molar-refractivity contribution in [1.29, 1.82) is 5.41 Å². The van der Waals surface area contributed by atoms with Gasteiger partial charge >= 0.3 is 0 Å². The monoisotopic (exact) mass is 353 g/mol. The second-order valence-electron chi connectivity index (χ2n) is 7.83. The van der Waals surface area contributed by atoms with E-state index in [0.717, 1.165) is 68.1 Å². The van der Waals surface area contributed by atoms with Crippen LogP contribution in [0.2, 0.25) is 0 Å². The lowest BCUT2D eigenvalue weighted by molar-refractivity contribution is 0.0592. The molecule has 1 atom stereocenters. The Balaban J connectivity index is 1.48. The Morgan fingerprint density at radius 1 is 1.12 bits per heavy atom. The third-order valence-corrected chi connectivity index (χ3v) is 6.08. The molecule has 2 heterocycles. The largest absolute Gasteiger partial charge is 0.393 e. The van der Waals surface area contributed by atoms with Crippen molar-refractivity contribution in [3.8, 4) is 0 Å². The topological polar surface area (TPSA) is 80.2 Å². The highest BCUT2D eigenvalue weighted by Gasteiger charge is 2.30. The van der Waals surface area contributed by atoms with Crippen LogP contribution < -0.4 is 5.56 Å². The van der Waals surface area contributed by atoms with Gasteiger partial charge in [-0.25, -0.2) is 0 Å². The highest BCUT2D eigenvalue weighted by molar-refractivity contribution is 6.02. The summed E-state index contributed by atoms with van der Waals surface area (Å²) >= 11 is 0. The van der Waals surface area contributed by atoms with Crippen LogP contribution in [0.1, 0.15) is 44.1 Å². The molecule has 0 amide bonds. The molecule has 2 fully saturated rings. The molecule has 138 valence electrons. The zero-order valence-corrected chi connectivity index (χ0v) is 15.1. The molecular weight excluding hydrogens is 326 g/mol. The molecule has 1 unspecified atom stereocenters. The molecule has 0 radical (unpaired) electrons. The first kappa shape index (κ1) is 17.4.